The van der Waals surface area contributed by atoms with E-state index in [1.807, 2.05) is 114 Å². The van der Waals surface area contributed by atoms with E-state index in [1.54, 1.807) is 6.08 Å². The third-order valence-electron chi connectivity index (χ3n) is 7.86. The molecule has 0 aliphatic carbocycles. The summed E-state index contributed by atoms with van der Waals surface area (Å²) in [6.07, 6.45) is 7.29. The van der Waals surface area contributed by atoms with Crippen LogP contribution in [0.25, 0.3) is 10.4 Å². The number of fused-ring (bicyclic) bond motifs is 3. The number of piperidine rings is 1. The molecule has 0 saturated carbocycles. The lowest BCUT2D eigenvalue weighted by molar-refractivity contribution is 0.0350. The van der Waals surface area contributed by atoms with Crippen LogP contribution in [0.2, 0.25) is 0 Å². The van der Waals surface area contributed by atoms with Crippen molar-refractivity contribution in [2.45, 2.75) is 37.9 Å². The summed E-state index contributed by atoms with van der Waals surface area (Å²) >= 11 is 1.50. The zero-order chi connectivity index (χ0) is 28.3. The van der Waals surface area contributed by atoms with Gasteiger partial charge in [-0.2, -0.15) is 0 Å². The first-order valence-corrected chi connectivity index (χ1v) is 14.8. The van der Waals surface area contributed by atoms with Crippen LogP contribution in [0.1, 0.15) is 51.4 Å². The minimum absolute atomic E-state index is 0.000433. The second kappa shape index (κ2) is 11.6. The summed E-state index contributed by atoms with van der Waals surface area (Å²) in [5.41, 5.74) is 2.87. The average molecular weight is 561 g/mol. The summed E-state index contributed by atoms with van der Waals surface area (Å²) in [4.78, 5) is 33.0. The molecule has 5 nitrogen and oxygen atoms in total. The van der Waals surface area contributed by atoms with Crippen molar-refractivity contribution >= 4 is 23.2 Å². The molecule has 0 N–H and O–H groups in total. The van der Waals surface area contributed by atoms with Gasteiger partial charge in [-0.1, -0.05) is 54.6 Å². The first-order chi connectivity index (χ1) is 20.1. The van der Waals surface area contributed by atoms with E-state index in [0.717, 1.165) is 33.1 Å². The highest BCUT2D eigenvalue weighted by Gasteiger charge is 2.46. The zero-order valence-electron chi connectivity index (χ0n) is 23.0. The van der Waals surface area contributed by atoms with E-state index in [1.165, 1.54) is 11.3 Å². The van der Waals surface area contributed by atoms with Crippen molar-refractivity contribution in [2.24, 2.45) is 0 Å². The van der Waals surface area contributed by atoms with E-state index < -0.39 is 0 Å². The number of amides is 2. The third-order valence-corrected chi connectivity index (χ3v) is 8.99. The van der Waals surface area contributed by atoms with Crippen LogP contribution >= 0.6 is 11.3 Å². The molecule has 3 atom stereocenters. The van der Waals surface area contributed by atoms with Gasteiger partial charge in [0, 0.05) is 23.0 Å². The molecule has 3 aromatic carbocycles. The highest BCUT2D eigenvalue weighted by Crippen LogP contribution is 2.44. The van der Waals surface area contributed by atoms with Crippen molar-refractivity contribution in [2.75, 3.05) is 6.54 Å². The molecule has 41 heavy (non-hydrogen) atoms. The molecule has 3 heterocycles. The molecule has 0 radical (unpaired) electrons. The SMILES string of the molecule is C=CCN(C(=O)c1ccc(-c2ccc(Oc3ccccc3)cc2)s1)C1C[C@@H](C=CC)N2C(=O)c3ccccc3[C@@H]2C1. The number of benzene rings is 3. The van der Waals surface area contributed by atoms with E-state index >= 15 is 0 Å². The number of carbonyl (C=O) groups excluding carboxylic acids is 2. The number of rotatable bonds is 8. The van der Waals surface area contributed by atoms with Crippen LogP contribution in [0, 0.1) is 0 Å². The van der Waals surface area contributed by atoms with Crippen molar-refractivity contribution in [3.05, 3.63) is 132 Å². The summed E-state index contributed by atoms with van der Waals surface area (Å²) in [5, 5.41) is 0. The Morgan fingerprint density at radius 2 is 1.71 bits per heavy atom. The van der Waals surface area contributed by atoms with E-state index in [2.05, 4.69) is 12.7 Å². The number of ether oxygens (including phenoxy) is 1. The Bertz CT molecular complexity index is 1590. The van der Waals surface area contributed by atoms with E-state index in [0.29, 0.717) is 24.3 Å². The third kappa shape index (κ3) is 5.23. The fourth-order valence-electron chi connectivity index (χ4n) is 6.03. The molecular formula is C35H32N2O3S. The van der Waals surface area contributed by atoms with Crippen LogP contribution in [-0.2, 0) is 0 Å². The predicted molar refractivity (Wildman–Crippen MR) is 164 cm³/mol. The van der Waals surface area contributed by atoms with Crippen LogP contribution in [0.5, 0.6) is 11.5 Å². The lowest BCUT2D eigenvalue weighted by atomic mass is 9.88. The monoisotopic (exact) mass is 560 g/mol. The van der Waals surface area contributed by atoms with Gasteiger partial charge < -0.3 is 14.5 Å². The van der Waals surface area contributed by atoms with Crippen LogP contribution in [0.4, 0.5) is 0 Å². The van der Waals surface area contributed by atoms with Gasteiger partial charge in [0.1, 0.15) is 11.5 Å². The van der Waals surface area contributed by atoms with E-state index in [4.69, 9.17) is 4.74 Å². The number of nitrogens with zero attached hydrogens (tertiary/aromatic N) is 2. The fourth-order valence-corrected chi connectivity index (χ4v) is 7.00. The van der Waals surface area contributed by atoms with Gasteiger partial charge >= 0.3 is 0 Å². The largest absolute Gasteiger partial charge is 0.457 e. The quantitative estimate of drug-likeness (QED) is 0.204. The highest BCUT2D eigenvalue weighted by molar-refractivity contribution is 7.17. The smallest absolute Gasteiger partial charge is 0.264 e. The normalized spacial score (nSPS) is 19.6. The maximum absolute atomic E-state index is 14.0. The minimum atomic E-state index is -0.0701. The Kier molecular flexibility index (Phi) is 7.57. The fraction of sp³-hybridized carbons (Fsp3) is 0.200. The average Bonchev–Trinajstić information content (AvgIpc) is 3.61. The summed E-state index contributed by atoms with van der Waals surface area (Å²) in [5.74, 6) is 1.63. The molecule has 0 bridgehead atoms. The number of allylic oxidation sites excluding steroid dienone is 1. The lowest BCUT2D eigenvalue weighted by Gasteiger charge is -2.44. The number of carbonyl (C=O) groups is 2. The number of hydrogen-bond acceptors (Lipinski definition) is 4. The molecule has 6 rings (SSSR count). The van der Waals surface area contributed by atoms with Gasteiger partial charge in [-0.15, -0.1) is 17.9 Å². The Hall–Kier alpha value is -4.42. The number of hydrogen-bond donors (Lipinski definition) is 0. The summed E-state index contributed by atoms with van der Waals surface area (Å²) in [7, 11) is 0. The van der Waals surface area contributed by atoms with E-state index in [-0.39, 0.29) is 29.9 Å². The van der Waals surface area contributed by atoms with Crippen molar-refractivity contribution in [1.82, 2.24) is 9.80 Å². The van der Waals surface area contributed by atoms with Gasteiger partial charge in [-0.25, -0.2) is 0 Å². The second-order valence-corrected chi connectivity index (χ2v) is 11.5. The molecule has 4 aromatic rings. The molecule has 1 unspecified atom stereocenters. The Morgan fingerprint density at radius 1 is 0.976 bits per heavy atom. The first kappa shape index (κ1) is 26.8. The zero-order valence-corrected chi connectivity index (χ0v) is 23.8. The van der Waals surface area contributed by atoms with Gasteiger partial charge in [-0.05, 0) is 85.5 Å². The lowest BCUT2D eigenvalue weighted by Crippen LogP contribution is -2.51. The van der Waals surface area contributed by atoms with Gasteiger partial charge in [-0.3, -0.25) is 9.59 Å². The number of thiophene rings is 1. The van der Waals surface area contributed by atoms with Crippen molar-refractivity contribution in [3.8, 4) is 21.9 Å². The Morgan fingerprint density at radius 3 is 2.46 bits per heavy atom. The van der Waals surface area contributed by atoms with Gasteiger partial charge in [0.25, 0.3) is 11.8 Å². The van der Waals surface area contributed by atoms with Gasteiger partial charge in [0.2, 0.25) is 0 Å². The minimum Gasteiger partial charge on any atom is -0.457 e. The predicted octanol–water partition coefficient (Wildman–Crippen LogP) is 8.14. The van der Waals surface area contributed by atoms with Crippen LogP contribution < -0.4 is 4.74 Å². The van der Waals surface area contributed by atoms with E-state index in [9.17, 15) is 9.59 Å². The number of para-hydroxylation sites is 1. The maximum Gasteiger partial charge on any atom is 0.264 e. The Balaban J connectivity index is 1.22. The van der Waals surface area contributed by atoms with Crippen LogP contribution in [0.15, 0.2) is 116 Å². The van der Waals surface area contributed by atoms with Crippen LogP contribution in [0.3, 0.4) is 0 Å². The summed E-state index contributed by atoms with van der Waals surface area (Å²) < 4.78 is 5.93. The topological polar surface area (TPSA) is 49.9 Å². The molecule has 1 fully saturated rings. The molecule has 6 heteroatoms. The highest BCUT2D eigenvalue weighted by atomic mass is 32.1. The summed E-state index contributed by atoms with van der Waals surface area (Å²) in [6, 6.07) is 29.3. The van der Waals surface area contributed by atoms with Gasteiger partial charge in [0.15, 0.2) is 0 Å². The summed E-state index contributed by atoms with van der Waals surface area (Å²) in [6.45, 7) is 6.38. The maximum atomic E-state index is 14.0. The molecule has 2 amide bonds. The molecule has 206 valence electrons. The first-order valence-electron chi connectivity index (χ1n) is 14.0. The van der Waals surface area contributed by atoms with Crippen LogP contribution in [-0.4, -0.2) is 40.2 Å². The second-order valence-electron chi connectivity index (χ2n) is 10.4. The molecular weight excluding hydrogens is 528 g/mol. The molecule has 1 aromatic heterocycles. The van der Waals surface area contributed by atoms with Crippen molar-refractivity contribution in [3.63, 3.8) is 0 Å². The Labute approximate surface area is 245 Å². The van der Waals surface area contributed by atoms with Gasteiger partial charge in [0.05, 0.1) is 17.0 Å². The van der Waals surface area contributed by atoms with Crippen molar-refractivity contribution in [1.29, 1.82) is 0 Å². The molecule has 0 spiro atoms. The molecule has 2 aliphatic rings. The van der Waals surface area contributed by atoms with Crippen molar-refractivity contribution < 1.29 is 14.3 Å². The standard InChI is InChI=1S/C35H32N2O3S/c1-3-10-25-22-26(23-31-29-13-8-9-14-30(29)34(38)37(25)31)36(21-4-2)35(39)33-20-19-32(41-33)24-15-17-28(18-16-24)40-27-11-6-5-7-12-27/h3-20,25-26,31H,2,21-23H2,1H3/t25-,26?,31+/m1/s1. The molecule has 2 aliphatic heterocycles. The molecule has 1 saturated heterocycles.